The summed E-state index contributed by atoms with van der Waals surface area (Å²) in [5.41, 5.74) is 2.46. The molecule has 1 saturated heterocycles. The van der Waals surface area contributed by atoms with Gasteiger partial charge in [0, 0.05) is 5.69 Å². The van der Waals surface area contributed by atoms with Crippen molar-refractivity contribution in [2.75, 3.05) is 10.2 Å². The van der Waals surface area contributed by atoms with Crippen LogP contribution in [0.25, 0.3) is 0 Å². The zero-order valence-corrected chi connectivity index (χ0v) is 14.6. The number of anilines is 2. The molecular formula is C18H16Cl2N2O2. The first-order valence-electron chi connectivity index (χ1n) is 7.67. The fraction of sp³-hybridized carbons (Fsp3) is 0.222. The van der Waals surface area contributed by atoms with Crippen molar-refractivity contribution >= 4 is 46.4 Å². The molecule has 2 aromatic rings. The smallest absolute Gasteiger partial charge is 0.256 e. The summed E-state index contributed by atoms with van der Waals surface area (Å²) in [4.78, 5) is 26.0. The van der Waals surface area contributed by atoms with Gasteiger partial charge in [-0.25, -0.2) is 4.90 Å². The minimum Gasteiger partial charge on any atom is -0.373 e. The normalized spacial score (nSPS) is 17.5. The number of carbonyl (C=O) groups excluding carboxylic acids is 2. The van der Waals surface area contributed by atoms with E-state index in [4.69, 9.17) is 23.2 Å². The Bertz CT molecular complexity index is 790. The number of nitrogens with zero attached hydrogens (tertiary/aromatic N) is 1. The maximum atomic E-state index is 12.6. The predicted octanol–water partition coefficient (Wildman–Crippen LogP) is 4.30. The van der Waals surface area contributed by atoms with Gasteiger partial charge in [-0.15, -0.1) is 0 Å². The van der Waals surface area contributed by atoms with Crippen molar-refractivity contribution in [1.29, 1.82) is 0 Å². The minimum atomic E-state index is -0.584. The van der Waals surface area contributed by atoms with Gasteiger partial charge in [0.15, 0.2) is 0 Å². The predicted molar refractivity (Wildman–Crippen MR) is 96.8 cm³/mol. The number of imide groups is 1. The SMILES string of the molecule is CCc1ccc(N[C@@H]2CC(=O)N(c3ccc(Cl)c(Cl)c3)C2=O)cc1. The third kappa shape index (κ3) is 3.25. The van der Waals surface area contributed by atoms with E-state index in [9.17, 15) is 9.59 Å². The quantitative estimate of drug-likeness (QED) is 0.824. The zero-order valence-electron chi connectivity index (χ0n) is 13.1. The molecule has 1 heterocycles. The Kier molecular flexibility index (Phi) is 4.78. The highest BCUT2D eigenvalue weighted by Gasteiger charge is 2.39. The maximum absolute atomic E-state index is 12.6. The lowest BCUT2D eigenvalue weighted by molar-refractivity contribution is -0.121. The third-order valence-corrected chi connectivity index (χ3v) is 4.75. The van der Waals surface area contributed by atoms with Gasteiger partial charge in [0.1, 0.15) is 6.04 Å². The van der Waals surface area contributed by atoms with Gasteiger partial charge in [0.25, 0.3) is 5.91 Å². The molecule has 0 saturated carbocycles. The topological polar surface area (TPSA) is 49.4 Å². The fourth-order valence-electron chi connectivity index (χ4n) is 2.68. The first-order chi connectivity index (χ1) is 11.5. The summed E-state index contributed by atoms with van der Waals surface area (Å²) >= 11 is 11.9. The average Bonchev–Trinajstić information content (AvgIpc) is 2.85. The van der Waals surface area contributed by atoms with E-state index in [1.165, 1.54) is 11.6 Å². The van der Waals surface area contributed by atoms with E-state index in [1.807, 2.05) is 24.3 Å². The number of halogens is 2. The molecule has 0 unspecified atom stereocenters. The van der Waals surface area contributed by atoms with E-state index >= 15 is 0 Å². The van der Waals surface area contributed by atoms with Gasteiger partial charge in [-0.2, -0.15) is 0 Å². The second kappa shape index (κ2) is 6.83. The monoisotopic (exact) mass is 362 g/mol. The van der Waals surface area contributed by atoms with Crippen molar-refractivity contribution in [3.8, 4) is 0 Å². The van der Waals surface area contributed by atoms with Crippen LogP contribution in [0.15, 0.2) is 42.5 Å². The summed E-state index contributed by atoms with van der Waals surface area (Å²) in [6.07, 6.45) is 1.06. The van der Waals surface area contributed by atoms with Gasteiger partial charge >= 0.3 is 0 Å². The molecule has 4 nitrogen and oxygen atoms in total. The Morgan fingerprint density at radius 2 is 1.79 bits per heavy atom. The number of hydrogen-bond acceptors (Lipinski definition) is 3. The molecule has 0 bridgehead atoms. The second-order valence-corrected chi connectivity index (χ2v) is 6.43. The highest BCUT2D eigenvalue weighted by atomic mass is 35.5. The number of carbonyl (C=O) groups is 2. The summed E-state index contributed by atoms with van der Waals surface area (Å²) < 4.78 is 0. The Hall–Kier alpha value is -2.04. The summed E-state index contributed by atoms with van der Waals surface area (Å²) in [6.45, 7) is 2.08. The summed E-state index contributed by atoms with van der Waals surface area (Å²) in [5, 5.41) is 3.81. The number of benzene rings is 2. The van der Waals surface area contributed by atoms with Crippen molar-refractivity contribution in [1.82, 2.24) is 0 Å². The minimum absolute atomic E-state index is 0.106. The molecule has 1 aliphatic rings. The van der Waals surface area contributed by atoms with Crippen molar-refractivity contribution in [2.24, 2.45) is 0 Å². The van der Waals surface area contributed by atoms with Gasteiger partial charge < -0.3 is 5.32 Å². The van der Waals surface area contributed by atoms with E-state index in [-0.39, 0.29) is 18.2 Å². The van der Waals surface area contributed by atoms with Crippen LogP contribution >= 0.6 is 23.2 Å². The molecule has 2 aromatic carbocycles. The molecule has 0 aliphatic carbocycles. The van der Waals surface area contributed by atoms with Crippen molar-refractivity contribution in [3.05, 3.63) is 58.1 Å². The van der Waals surface area contributed by atoms with Crippen LogP contribution in [-0.2, 0) is 16.0 Å². The molecule has 0 spiro atoms. The lowest BCUT2D eigenvalue weighted by Gasteiger charge is -2.16. The summed E-state index contributed by atoms with van der Waals surface area (Å²) in [7, 11) is 0. The molecule has 1 atom stereocenters. The fourth-order valence-corrected chi connectivity index (χ4v) is 2.97. The van der Waals surface area contributed by atoms with Crippen molar-refractivity contribution < 1.29 is 9.59 Å². The Morgan fingerprint density at radius 3 is 2.42 bits per heavy atom. The Labute approximate surface area is 150 Å². The maximum Gasteiger partial charge on any atom is 0.256 e. The van der Waals surface area contributed by atoms with Crippen LogP contribution < -0.4 is 10.2 Å². The standard InChI is InChI=1S/C18H16Cl2N2O2/c1-2-11-3-5-12(6-4-11)21-16-10-17(23)22(18(16)24)13-7-8-14(19)15(20)9-13/h3-9,16,21H,2,10H2,1H3/t16-/m1/s1. The average molecular weight is 363 g/mol. The van der Waals surface area contributed by atoms with E-state index in [0.717, 1.165) is 17.0 Å². The molecule has 24 heavy (non-hydrogen) atoms. The molecule has 3 rings (SSSR count). The molecular weight excluding hydrogens is 347 g/mol. The molecule has 1 aliphatic heterocycles. The molecule has 0 radical (unpaired) electrons. The Balaban J connectivity index is 1.79. The van der Waals surface area contributed by atoms with Gasteiger partial charge in [0.2, 0.25) is 5.91 Å². The number of hydrogen-bond donors (Lipinski definition) is 1. The molecule has 1 fully saturated rings. The van der Waals surface area contributed by atoms with E-state index in [1.54, 1.807) is 12.1 Å². The van der Waals surface area contributed by atoms with Crippen molar-refractivity contribution in [3.63, 3.8) is 0 Å². The van der Waals surface area contributed by atoms with Crippen molar-refractivity contribution in [2.45, 2.75) is 25.8 Å². The van der Waals surface area contributed by atoms with Crippen LogP contribution in [-0.4, -0.2) is 17.9 Å². The lowest BCUT2D eigenvalue weighted by Crippen LogP contribution is -2.34. The van der Waals surface area contributed by atoms with Crippen LogP contribution in [0.4, 0.5) is 11.4 Å². The summed E-state index contributed by atoms with van der Waals surface area (Å²) in [5.74, 6) is -0.556. The third-order valence-electron chi connectivity index (χ3n) is 4.01. The summed E-state index contributed by atoms with van der Waals surface area (Å²) in [6, 6.07) is 12.0. The van der Waals surface area contributed by atoms with Crippen LogP contribution in [0.5, 0.6) is 0 Å². The van der Waals surface area contributed by atoms with Gasteiger partial charge in [-0.3, -0.25) is 9.59 Å². The lowest BCUT2D eigenvalue weighted by atomic mass is 10.1. The highest BCUT2D eigenvalue weighted by Crippen LogP contribution is 2.30. The first-order valence-corrected chi connectivity index (χ1v) is 8.42. The van der Waals surface area contributed by atoms with Gasteiger partial charge in [-0.1, -0.05) is 42.3 Å². The second-order valence-electron chi connectivity index (χ2n) is 5.62. The molecule has 124 valence electrons. The van der Waals surface area contributed by atoms with E-state index < -0.39 is 6.04 Å². The number of nitrogens with one attached hydrogen (secondary N) is 1. The Morgan fingerprint density at radius 1 is 1.08 bits per heavy atom. The van der Waals surface area contributed by atoms with E-state index in [2.05, 4.69) is 12.2 Å². The molecule has 6 heteroatoms. The zero-order chi connectivity index (χ0) is 17.3. The largest absolute Gasteiger partial charge is 0.373 e. The first kappa shape index (κ1) is 16.8. The van der Waals surface area contributed by atoms with Gasteiger partial charge in [-0.05, 0) is 42.3 Å². The number of amides is 2. The molecule has 2 amide bonds. The van der Waals surface area contributed by atoms with Crippen LogP contribution in [0, 0.1) is 0 Å². The molecule has 0 aromatic heterocycles. The number of aryl methyl sites for hydroxylation is 1. The number of rotatable bonds is 4. The van der Waals surface area contributed by atoms with Crippen LogP contribution in [0.1, 0.15) is 18.9 Å². The van der Waals surface area contributed by atoms with E-state index in [0.29, 0.717) is 15.7 Å². The van der Waals surface area contributed by atoms with Gasteiger partial charge in [0.05, 0.1) is 22.2 Å². The highest BCUT2D eigenvalue weighted by molar-refractivity contribution is 6.42. The van der Waals surface area contributed by atoms with Crippen LogP contribution in [0.2, 0.25) is 10.0 Å². The molecule has 1 N–H and O–H groups in total. The van der Waals surface area contributed by atoms with Crippen LogP contribution in [0.3, 0.4) is 0 Å².